The number of hydrogen-bond donors (Lipinski definition) is 1. The summed E-state index contributed by atoms with van der Waals surface area (Å²) in [6.07, 6.45) is 3.73. The molecular formula is C18H28N2S. The number of rotatable bonds is 2. The van der Waals surface area contributed by atoms with E-state index >= 15 is 0 Å². The van der Waals surface area contributed by atoms with E-state index in [-0.39, 0.29) is 5.54 Å². The minimum atomic E-state index is 0.146. The maximum Gasteiger partial charge on any atom is 0.0476 e. The summed E-state index contributed by atoms with van der Waals surface area (Å²) in [4.78, 5) is 2.71. The maximum atomic E-state index is 6.36. The van der Waals surface area contributed by atoms with Crippen molar-refractivity contribution in [1.82, 2.24) is 4.90 Å². The van der Waals surface area contributed by atoms with Crippen LogP contribution in [-0.2, 0) is 13.0 Å². The highest BCUT2D eigenvalue weighted by atomic mass is 32.2. The molecule has 2 N–H and O–H groups in total. The van der Waals surface area contributed by atoms with Gasteiger partial charge in [-0.2, -0.15) is 11.8 Å². The average molecular weight is 305 g/mol. The zero-order chi connectivity index (χ0) is 14.9. The molecule has 116 valence electrons. The summed E-state index contributed by atoms with van der Waals surface area (Å²) >= 11 is 2.09. The molecule has 1 saturated heterocycles. The number of nitrogens with zero attached hydrogens (tertiary/aromatic N) is 1. The van der Waals surface area contributed by atoms with Gasteiger partial charge in [0.05, 0.1) is 0 Å². The lowest BCUT2D eigenvalue weighted by molar-refractivity contribution is -0.00383. The van der Waals surface area contributed by atoms with Crippen molar-refractivity contribution >= 4 is 11.8 Å². The standard InChI is InChI=1S/C18H28N2S/c1-17(2)9-11-21-14-18(17,13-19)20-10-5-8-15-6-3-4-7-16(15)12-20/h3-4,6-7H,5,8-14,19H2,1-2H3. The average Bonchev–Trinajstić information content (AvgIpc) is 2.69. The number of benzene rings is 1. The third kappa shape index (κ3) is 2.64. The summed E-state index contributed by atoms with van der Waals surface area (Å²) in [7, 11) is 0. The van der Waals surface area contributed by atoms with Crippen LogP contribution in [0.4, 0.5) is 0 Å². The Hall–Kier alpha value is -0.510. The van der Waals surface area contributed by atoms with Crippen LogP contribution in [0.2, 0.25) is 0 Å². The molecule has 1 aromatic rings. The van der Waals surface area contributed by atoms with Crippen LogP contribution in [0, 0.1) is 5.41 Å². The van der Waals surface area contributed by atoms with Crippen molar-refractivity contribution in [1.29, 1.82) is 0 Å². The van der Waals surface area contributed by atoms with Gasteiger partial charge in [-0.05, 0) is 48.1 Å². The van der Waals surface area contributed by atoms with Crippen molar-refractivity contribution in [2.24, 2.45) is 11.1 Å². The molecule has 0 saturated carbocycles. The Morgan fingerprint density at radius 2 is 2.00 bits per heavy atom. The molecule has 0 aliphatic carbocycles. The van der Waals surface area contributed by atoms with Crippen molar-refractivity contribution in [3.05, 3.63) is 35.4 Å². The fourth-order valence-electron chi connectivity index (χ4n) is 4.05. The third-order valence-electron chi connectivity index (χ3n) is 5.77. The van der Waals surface area contributed by atoms with Crippen molar-refractivity contribution in [2.75, 3.05) is 24.6 Å². The number of thioether (sulfide) groups is 1. The Balaban J connectivity index is 1.94. The molecule has 3 heteroatoms. The van der Waals surface area contributed by atoms with Crippen molar-refractivity contribution in [3.8, 4) is 0 Å². The molecule has 0 aromatic heterocycles. The molecule has 0 radical (unpaired) electrons. The van der Waals surface area contributed by atoms with Crippen LogP contribution in [0.5, 0.6) is 0 Å². The molecule has 2 aliphatic rings. The smallest absolute Gasteiger partial charge is 0.0476 e. The van der Waals surface area contributed by atoms with Gasteiger partial charge in [0.15, 0.2) is 0 Å². The lowest BCUT2D eigenvalue weighted by Crippen LogP contribution is -2.65. The van der Waals surface area contributed by atoms with Crippen LogP contribution in [0.25, 0.3) is 0 Å². The van der Waals surface area contributed by atoms with Gasteiger partial charge in [0.25, 0.3) is 0 Å². The Morgan fingerprint density at radius 3 is 2.71 bits per heavy atom. The number of fused-ring (bicyclic) bond motifs is 1. The minimum Gasteiger partial charge on any atom is -0.329 e. The molecule has 21 heavy (non-hydrogen) atoms. The van der Waals surface area contributed by atoms with E-state index in [0.717, 1.165) is 13.1 Å². The first-order valence-corrected chi connectivity index (χ1v) is 9.34. The topological polar surface area (TPSA) is 29.3 Å². The van der Waals surface area contributed by atoms with E-state index in [1.54, 1.807) is 0 Å². The van der Waals surface area contributed by atoms with Crippen LogP contribution >= 0.6 is 11.8 Å². The number of aryl methyl sites for hydroxylation is 1. The number of nitrogens with two attached hydrogens (primary N) is 1. The predicted octanol–water partition coefficient (Wildman–Crippen LogP) is 3.30. The highest BCUT2D eigenvalue weighted by Crippen LogP contribution is 2.46. The van der Waals surface area contributed by atoms with Gasteiger partial charge in [-0.3, -0.25) is 4.90 Å². The molecule has 0 spiro atoms. The second-order valence-electron chi connectivity index (χ2n) is 7.22. The Bertz CT molecular complexity index is 500. The second-order valence-corrected chi connectivity index (χ2v) is 8.32. The molecule has 1 atom stereocenters. The van der Waals surface area contributed by atoms with Gasteiger partial charge >= 0.3 is 0 Å². The molecule has 2 nitrogen and oxygen atoms in total. The molecule has 1 unspecified atom stereocenters. The monoisotopic (exact) mass is 304 g/mol. The fraction of sp³-hybridized carbons (Fsp3) is 0.667. The maximum absolute atomic E-state index is 6.36. The quantitative estimate of drug-likeness (QED) is 0.909. The van der Waals surface area contributed by atoms with E-state index in [0.29, 0.717) is 5.41 Å². The van der Waals surface area contributed by atoms with Crippen LogP contribution in [0.3, 0.4) is 0 Å². The van der Waals surface area contributed by atoms with Crippen LogP contribution in [0.1, 0.15) is 37.8 Å². The molecule has 2 heterocycles. The van der Waals surface area contributed by atoms with Crippen molar-refractivity contribution in [2.45, 2.75) is 45.2 Å². The van der Waals surface area contributed by atoms with E-state index in [2.05, 4.69) is 54.8 Å². The molecule has 0 amide bonds. The van der Waals surface area contributed by atoms with Gasteiger partial charge < -0.3 is 5.73 Å². The predicted molar refractivity (Wildman–Crippen MR) is 92.7 cm³/mol. The lowest BCUT2D eigenvalue weighted by Gasteiger charge is -2.55. The first kappa shape index (κ1) is 15.4. The van der Waals surface area contributed by atoms with Gasteiger partial charge in [-0.1, -0.05) is 38.1 Å². The largest absolute Gasteiger partial charge is 0.329 e. The fourth-order valence-corrected chi connectivity index (χ4v) is 5.87. The first-order chi connectivity index (χ1) is 10.1. The van der Waals surface area contributed by atoms with Gasteiger partial charge in [0, 0.05) is 24.4 Å². The SMILES string of the molecule is CC1(C)CCSCC1(CN)N1CCCc2ccccc2C1. The molecule has 2 aliphatic heterocycles. The Labute approximate surface area is 133 Å². The van der Waals surface area contributed by atoms with E-state index in [1.807, 2.05) is 0 Å². The summed E-state index contributed by atoms with van der Waals surface area (Å²) in [5, 5.41) is 0. The summed E-state index contributed by atoms with van der Waals surface area (Å²) in [5.41, 5.74) is 9.85. The summed E-state index contributed by atoms with van der Waals surface area (Å²) < 4.78 is 0. The molecule has 1 fully saturated rings. The third-order valence-corrected chi connectivity index (χ3v) is 6.94. The molecule has 1 aromatic carbocycles. The number of hydrogen-bond acceptors (Lipinski definition) is 3. The van der Waals surface area contributed by atoms with Crippen molar-refractivity contribution in [3.63, 3.8) is 0 Å². The van der Waals surface area contributed by atoms with Gasteiger partial charge in [-0.15, -0.1) is 0 Å². The van der Waals surface area contributed by atoms with Crippen LogP contribution in [-0.4, -0.2) is 35.0 Å². The minimum absolute atomic E-state index is 0.146. The molecule has 3 rings (SSSR count). The van der Waals surface area contributed by atoms with Gasteiger partial charge in [0.1, 0.15) is 0 Å². The van der Waals surface area contributed by atoms with E-state index < -0.39 is 0 Å². The van der Waals surface area contributed by atoms with Crippen LogP contribution in [0.15, 0.2) is 24.3 Å². The summed E-state index contributed by atoms with van der Waals surface area (Å²) in [6, 6.07) is 8.96. The first-order valence-electron chi connectivity index (χ1n) is 8.19. The van der Waals surface area contributed by atoms with Gasteiger partial charge in [-0.25, -0.2) is 0 Å². The van der Waals surface area contributed by atoms with Crippen LogP contribution < -0.4 is 5.73 Å². The van der Waals surface area contributed by atoms with Gasteiger partial charge in [0.2, 0.25) is 0 Å². The molecule has 0 bridgehead atoms. The normalized spacial score (nSPS) is 29.7. The lowest BCUT2D eigenvalue weighted by atomic mass is 9.69. The zero-order valence-corrected chi connectivity index (χ0v) is 14.2. The van der Waals surface area contributed by atoms with E-state index in [1.165, 1.54) is 48.4 Å². The zero-order valence-electron chi connectivity index (χ0n) is 13.4. The van der Waals surface area contributed by atoms with Crippen molar-refractivity contribution < 1.29 is 0 Å². The summed E-state index contributed by atoms with van der Waals surface area (Å²) in [6.45, 7) is 7.87. The Morgan fingerprint density at radius 1 is 1.24 bits per heavy atom. The van der Waals surface area contributed by atoms with E-state index in [9.17, 15) is 0 Å². The van der Waals surface area contributed by atoms with E-state index in [4.69, 9.17) is 5.73 Å². The second kappa shape index (κ2) is 5.94. The molecular weight excluding hydrogens is 276 g/mol. The summed E-state index contributed by atoms with van der Waals surface area (Å²) in [5.74, 6) is 2.46. The Kier molecular flexibility index (Phi) is 4.35. The highest BCUT2D eigenvalue weighted by molar-refractivity contribution is 7.99. The highest BCUT2D eigenvalue weighted by Gasteiger charge is 2.50.